The van der Waals surface area contributed by atoms with Gasteiger partial charge < -0.3 is 15.6 Å². The van der Waals surface area contributed by atoms with E-state index in [0.29, 0.717) is 34.9 Å². The molecule has 0 aromatic carbocycles. The highest BCUT2D eigenvalue weighted by atomic mass is 16.1. The first-order valence-electron chi connectivity index (χ1n) is 11.4. The van der Waals surface area contributed by atoms with Crippen molar-refractivity contribution in [2.75, 3.05) is 30.4 Å². The lowest BCUT2D eigenvalue weighted by molar-refractivity contribution is 0.347. The Hall–Kier alpha value is -1.85. The number of aromatic nitrogens is 2. The van der Waals surface area contributed by atoms with Gasteiger partial charge in [-0.05, 0) is 24.7 Å². The van der Waals surface area contributed by atoms with Gasteiger partial charge in [-0.2, -0.15) is 0 Å². The molecule has 29 heavy (non-hydrogen) atoms. The van der Waals surface area contributed by atoms with Gasteiger partial charge in [0.1, 0.15) is 11.4 Å². The third-order valence-electron chi connectivity index (χ3n) is 6.28. The minimum Gasteiger partial charge on any atom is -0.382 e. The SMILES string of the molecule is CCC(CC)CN(CC1CCCCC1)c1nc(C(=N)C(C)(C)C)c(NC)c(=O)[nH]1. The zero-order chi connectivity index (χ0) is 21.6. The molecular weight excluding hydrogens is 362 g/mol. The summed E-state index contributed by atoms with van der Waals surface area (Å²) in [5.74, 6) is 1.84. The summed E-state index contributed by atoms with van der Waals surface area (Å²) >= 11 is 0. The Kier molecular flexibility index (Phi) is 8.29. The van der Waals surface area contributed by atoms with Crippen molar-refractivity contribution in [3.8, 4) is 0 Å². The van der Waals surface area contributed by atoms with Crippen LogP contribution in [-0.4, -0.2) is 35.8 Å². The molecule has 1 saturated carbocycles. The monoisotopic (exact) mass is 403 g/mol. The minimum absolute atomic E-state index is 0.195. The maximum atomic E-state index is 12.9. The number of anilines is 2. The van der Waals surface area contributed by atoms with Crippen molar-refractivity contribution in [2.45, 2.75) is 79.6 Å². The molecule has 2 rings (SSSR count). The number of nitrogens with zero attached hydrogens (tertiary/aromatic N) is 2. The normalized spacial score (nSPS) is 15.6. The first-order valence-corrected chi connectivity index (χ1v) is 11.4. The summed E-state index contributed by atoms with van der Waals surface area (Å²) in [7, 11) is 1.72. The molecule has 1 fully saturated rings. The van der Waals surface area contributed by atoms with Crippen molar-refractivity contribution in [1.82, 2.24) is 9.97 Å². The second-order valence-corrected chi connectivity index (χ2v) is 9.58. The average molecular weight is 404 g/mol. The van der Waals surface area contributed by atoms with Crippen LogP contribution < -0.4 is 15.8 Å². The molecule has 1 aromatic heterocycles. The van der Waals surface area contributed by atoms with Crippen LogP contribution in [0.2, 0.25) is 0 Å². The van der Waals surface area contributed by atoms with E-state index in [1.807, 2.05) is 20.8 Å². The van der Waals surface area contributed by atoms with Crippen LogP contribution in [0.15, 0.2) is 4.79 Å². The van der Waals surface area contributed by atoms with Crippen LogP contribution >= 0.6 is 0 Å². The molecule has 0 bridgehead atoms. The molecule has 1 aliphatic rings. The lowest BCUT2D eigenvalue weighted by atomic mass is 9.87. The van der Waals surface area contributed by atoms with Gasteiger partial charge in [0.15, 0.2) is 0 Å². The molecule has 3 N–H and O–H groups in total. The molecule has 1 aromatic rings. The molecule has 6 nitrogen and oxygen atoms in total. The van der Waals surface area contributed by atoms with Crippen LogP contribution in [-0.2, 0) is 0 Å². The Morgan fingerprint density at radius 1 is 1.24 bits per heavy atom. The van der Waals surface area contributed by atoms with Gasteiger partial charge >= 0.3 is 0 Å². The third kappa shape index (κ3) is 6.06. The van der Waals surface area contributed by atoms with Crippen molar-refractivity contribution in [2.24, 2.45) is 17.3 Å². The highest BCUT2D eigenvalue weighted by molar-refractivity contribution is 6.04. The molecule has 1 heterocycles. The lowest BCUT2D eigenvalue weighted by Crippen LogP contribution is -2.38. The molecule has 0 amide bonds. The number of nitrogens with one attached hydrogen (secondary N) is 3. The average Bonchev–Trinajstić information content (AvgIpc) is 2.69. The lowest BCUT2D eigenvalue weighted by Gasteiger charge is -2.33. The fourth-order valence-electron chi connectivity index (χ4n) is 4.17. The summed E-state index contributed by atoms with van der Waals surface area (Å²) in [5, 5.41) is 11.6. The van der Waals surface area contributed by atoms with E-state index in [9.17, 15) is 4.79 Å². The molecule has 0 aliphatic heterocycles. The van der Waals surface area contributed by atoms with E-state index in [1.165, 1.54) is 32.1 Å². The van der Waals surface area contributed by atoms with E-state index in [2.05, 4.69) is 29.0 Å². The van der Waals surface area contributed by atoms with Crippen LogP contribution in [0.3, 0.4) is 0 Å². The number of hydrogen-bond donors (Lipinski definition) is 3. The van der Waals surface area contributed by atoms with Crippen LogP contribution in [0.1, 0.15) is 85.3 Å². The fraction of sp³-hybridized carbons (Fsp3) is 0.783. The predicted molar refractivity (Wildman–Crippen MR) is 124 cm³/mol. The van der Waals surface area contributed by atoms with Crippen LogP contribution in [0.5, 0.6) is 0 Å². The second kappa shape index (κ2) is 10.3. The first kappa shape index (κ1) is 23.4. The van der Waals surface area contributed by atoms with Gasteiger partial charge in [0, 0.05) is 25.6 Å². The van der Waals surface area contributed by atoms with Gasteiger partial charge in [0.25, 0.3) is 5.56 Å². The fourth-order valence-corrected chi connectivity index (χ4v) is 4.17. The molecule has 0 saturated heterocycles. The third-order valence-corrected chi connectivity index (χ3v) is 6.28. The quantitative estimate of drug-likeness (QED) is 0.504. The molecule has 0 unspecified atom stereocenters. The number of H-pyrrole nitrogens is 1. The Morgan fingerprint density at radius 3 is 2.38 bits per heavy atom. The van der Waals surface area contributed by atoms with Crippen LogP contribution in [0.25, 0.3) is 0 Å². The number of hydrogen-bond acceptors (Lipinski definition) is 5. The van der Waals surface area contributed by atoms with Gasteiger partial charge in [0.2, 0.25) is 5.95 Å². The smallest absolute Gasteiger partial charge is 0.276 e. The van der Waals surface area contributed by atoms with E-state index in [0.717, 1.165) is 25.9 Å². The molecular formula is C23H41N5O. The van der Waals surface area contributed by atoms with Crippen LogP contribution in [0.4, 0.5) is 11.6 Å². The Morgan fingerprint density at radius 2 is 1.86 bits per heavy atom. The summed E-state index contributed by atoms with van der Waals surface area (Å²) in [6, 6.07) is 0. The molecule has 0 spiro atoms. The van der Waals surface area contributed by atoms with Crippen LogP contribution in [0, 0.1) is 22.7 Å². The summed E-state index contributed by atoms with van der Waals surface area (Å²) < 4.78 is 0. The van der Waals surface area contributed by atoms with E-state index in [1.54, 1.807) is 7.05 Å². The Bertz CT molecular complexity index is 724. The molecule has 0 radical (unpaired) electrons. The van der Waals surface area contributed by atoms with Gasteiger partial charge in [-0.3, -0.25) is 9.78 Å². The standard InChI is InChI=1S/C23H41N5O/c1-7-16(8-2)14-28(15-17-12-10-9-11-13-17)22-26-18(20(24)23(3,4)5)19(25-6)21(29)27-22/h16-17,24-25H,7-15H2,1-6H3,(H,26,27,29). The summed E-state index contributed by atoms with van der Waals surface area (Å²) in [6.45, 7) is 12.3. The van der Waals surface area contributed by atoms with Gasteiger partial charge in [-0.15, -0.1) is 0 Å². The topological polar surface area (TPSA) is 84.9 Å². The zero-order valence-corrected chi connectivity index (χ0v) is 19.3. The Labute approximate surface area is 176 Å². The van der Waals surface area contributed by atoms with E-state index < -0.39 is 0 Å². The van der Waals surface area contributed by atoms with E-state index in [-0.39, 0.29) is 11.0 Å². The summed E-state index contributed by atoms with van der Waals surface area (Å²) in [6.07, 6.45) is 8.66. The van der Waals surface area contributed by atoms with Crippen molar-refractivity contribution in [3.05, 3.63) is 16.0 Å². The predicted octanol–water partition coefficient (Wildman–Crippen LogP) is 5.05. The van der Waals surface area contributed by atoms with Gasteiger partial charge in [0.05, 0.1) is 5.71 Å². The minimum atomic E-state index is -0.382. The largest absolute Gasteiger partial charge is 0.382 e. The zero-order valence-electron chi connectivity index (χ0n) is 19.3. The molecule has 1 aliphatic carbocycles. The van der Waals surface area contributed by atoms with Crippen molar-refractivity contribution >= 4 is 17.3 Å². The van der Waals surface area contributed by atoms with Gasteiger partial charge in [-0.25, -0.2) is 4.98 Å². The molecule has 6 heteroatoms. The van der Waals surface area contributed by atoms with Crippen molar-refractivity contribution in [1.29, 1.82) is 5.41 Å². The summed E-state index contributed by atoms with van der Waals surface area (Å²) in [4.78, 5) is 23.0. The highest BCUT2D eigenvalue weighted by Crippen LogP contribution is 2.28. The Balaban J connectivity index is 2.46. The number of aromatic amines is 1. The van der Waals surface area contributed by atoms with Gasteiger partial charge in [-0.1, -0.05) is 66.7 Å². The number of rotatable bonds is 9. The maximum Gasteiger partial charge on any atom is 0.276 e. The highest BCUT2D eigenvalue weighted by Gasteiger charge is 2.27. The van der Waals surface area contributed by atoms with E-state index >= 15 is 0 Å². The first-order chi connectivity index (χ1) is 13.7. The second-order valence-electron chi connectivity index (χ2n) is 9.58. The summed E-state index contributed by atoms with van der Waals surface area (Å²) in [5.41, 5.74) is 0.660. The van der Waals surface area contributed by atoms with Crippen molar-refractivity contribution < 1.29 is 0 Å². The molecule has 0 atom stereocenters. The molecule has 164 valence electrons. The van der Waals surface area contributed by atoms with Crippen molar-refractivity contribution in [3.63, 3.8) is 0 Å². The van der Waals surface area contributed by atoms with E-state index in [4.69, 9.17) is 10.4 Å². The maximum absolute atomic E-state index is 12.9.